The molecule has 1 fully saturated rings. The number of aliphatic hydroxyl groups is 1. The molecule has 1 saturated carbocycles. The highest BCUT2D eigenvalue weighted by Gasteiger charge is 2.27. The molecule has 94 valence electrons. The lowest BCUT2D eigenvalue weighted by Crippen LogP contribution is -2.40. The van der Waals surface area contributed by atoms with Gasteiger partial charge in [-0.1, -0.05) is 25.7 Å². The lowest BCUT2D eigenvalue weighted by molar-refractivity contribution is 0.0249. The van der Waals surface area contributed by atoms with Crippen molar-refractivity contribution >= 4 is 0 Å². The van der Waals surface area contributed by atoms with Gasteiger partial charge in [-0.15, -0.1) is 0 Å². The molecule has 17 heavy (non-hydrogen) atoms. The van der Waals surface area contributed by atoms with Crippen molar-refractivity contribution in [2.45, 2.75) is 50.7 Å². The second-order valence-corrected chi connectivity index (χ2v) is 4.96. The van der Waals surface area contributed by atoms with E-state index in [0.717, 1.165) is 31.4 Å². The maximum Gasteiger partial charge on any atom is 0.0771 e. The van der Waals surface area contributed by atoms with E-state index in [1.165, 1.54) is 12.8 Å². The highest BCUT2D eigenvalue weighted by atomic mass is 16.3. The van der Waals surface area contributed by atoms with E-state index < -0.39 is 5.60 Å². The summed E-state index contributed by atoms with van der Waals surface area (Å²) in [7, 11) is 0. The van der Waals surface area contributed by atoms with Gasteiger partial charge in [-0.2, -0.15) is 10.2 Å². The van der Waals surface area contributed by atoms with Crippen LogP contribution in [-0.2, 0) is 6.54 Å². The minimum Gasteiger partial charge on any atom is -0.389 e. The molecule has 0 unspecified atom stereocenters. The smallest absolute Gasteiger partial charge is 0.0771 e. The SMILES string of the molecule is OC1(CNCc2cccnn2)CCCCCC1. The second kappa shape index (κ2) is 6.07. The van der Waals surface area contributed by atoms with Crippen molar-refractivity contribution < 1.29 is 5.11 Å². The van der Waals surface area contributed by atoms with E-state index >= 15 is 0 Å². The highest BCUT2D eigenvalue weighted by Crippen LogP contribution is 2.26. The third-order valence-electron chi connectivity index (χ3n) is 3.42. The number of nitrogens with one attached hydrogen (secondary N) is 1. The Morgan fingerprint density at radius 2 is 2.00 bits per heavy atom. The molecule has 1 aromatic heterocycles. The minimum absolute atomic E-state index is 0.515. The van der Waals surface area contributed by atoms with Crippen molar-refractivity contribution in [3.8, 4) is 0 Å². The van der Waals surface area contributed by atoms with E-state index in [4.69, 9.17) is 0 Å². The molecule has 1 heterocycles. The van der Waals surface area contributed by atoms with Crippen LogP contribution >= 0.6 is 0 Å². The first-order valence-electron chi connectivity index (χ1n) is 6.48. The van der Waals surface area contributed by atoms with Crippen LogP contribution in [0.5, 0.6) is 0 Å². The summed E-state index contributed by atoms with van der Waals surface area (Å²) in [6.45, 7) is 1.33. The van der Waals surface area contributed by atoms with E-state index in [1.807, 2.05) is 12.1 Å². The Balaban J connectivity index is 1.77. The third kappa shape index (κ3) is 4.06. The maximum absolute atomic E-state index is 10.4. The normalized spacial score (nSPS) is 19.8. The molecule has 1 aliphatic carbocycles. The number of rotatable bonds is 4. The van der Waals surface area contributed by atoms with Gasteiger partial charge in [0.05, 0.1) is 11.3 Å². The molecule has 0 atom stereocenters. The summed E-state index contributed by atoms with van der Waals surface area (Å²) >= 11 is 0. The first-order chi connectivity index (χ1) is 8.29. The summed E-state index contributed by atoms with van der Waals surface area (Å²) in [5.41, 5.74) is 0.406. The summed E-state index contributed by atoms with van der Waals surface area (Å²) in [4.78, 5) is 0. The Morgan fingerprint density at radius 1 is 1.24 bits per heavy atom. The fraction of sp³-hybridized carbons (Fsp3) is 0.692. The summed E-state index contributed by atoms with van der Waals surface area (Å²) in [6, 6.07) is 3.82. The zero-order valence-corrected chi connectivity index (χ0v) is 10.2. The summed E-state index contributed by atoms with van der Waals surface area (Å²) < 4.78 is 0. The highest BCUT2D eigenvalue weighted by molar-refractivity contribution is 4.98. The maximum atomic E-state index is 10.4. The molecule has 0 saturated heterocycles. The van der Waals surface area contributed by atoms with E-state index in [1.54, 1.807) is 6.20 Å². The molecule has 0 aromatic carbocycles. The van der Waals surface area contributed by atoms with Crippen LogP contribution in [0, 0.1) is 0 Å². The van der Waals surface area contributed by atoms with Crippen LogP contribution in [0.15, 0.2) is 18.3 Å². The van der Waals surface area contributed by atoms with Crippen LogP contribution in [0.2, 0.25) is 0 Å². The number of nitrogens with zero attached hydrogens (tertiary/aromatic N) is 2. The van der Waals surface area contributed by atoms with Gasteiger partial charge in [-0.05, 0) is 25.0 Å². The molecule has 0 aliphatic heterocycles. The molecule has 2 rings (SSSR count). The van der Waals surface area contributed by atoms with E-state index in [0.29, 0.717) is 13.1 Å². The molecule has 2 N–H and O–H groups in total. The fourth-order valence-electron chi connectivity index (χ4n) is 2.41. The monoisotopic (exact) mass is 235 g/mol. The van der Waals surface area contributed by atoms with Crippen LogP contribution in [0.3, 0.4) is 0 Å². The Morgan fingerprint density at radius 3 is 2.65 bits per heavy atom. The van der Waals surface area contributed by atoms with Crippen LogP contribution < -0.4 is 5.32 Å². The van der Waals surface area contributed by atoms with E-state index in [2.05, 4.69) is 15.5 Å². The standard InChI is InChI=1S/C13H21N3O/c17-13(7-3-1-2-4-8-13)11-14-10-12-6-5-9-15-16-12/h5-6,9,14,17H,1-4,7-8,10-11H2. The Hall–Kier alpha value is -1.00. The minimum atomic E-state index is -0.515. The molecule has 0 radical (unpaired) electrons. The van der Waals surface area contributed by atoms with Crippen molar-refractivity contribution in [2.24, 2.45) is 0 Å². The van der Waals surface area contributed by atoms with Crippen molar-refractivity contribution in [1.29, 1.82) is 0 Å². The molecular formula is C13H21N3O. The molecule has 4 heteroatoms. The lowest BCUT2D eigenvalue weighted by Gasteiger charge is -2.26. The Bertz CT molecular complexity index is 321. The van der Waals surface area contributed by atoms with Crippen LogP contribution in [0.4, 0.5) is 0 Å². The van der Waals surface area contributed by atoms with Crippen LogP contribution in [-0.4, -0.2) is 27.4 Å². The zero-order chi connectivity index (χ0) is 12.0. The van der Waals surface area contributed by atoms with Gasteiger partial charge in [0.1, 0.15) is 0 Å². The molecule has 1 aliphatic rings. The lowest BCUT2D eigenvalue weighted by atomic mass is 9.94. The quantitative estimate of drug-likeness (QED) is 0.779. The molecule has 0 bridgehead atoms. The van der Waals surface area contributed by atoms with Gasteiger partial charge in [0.15, 0.2) is 0 Å². The van der Waals surface area contributed by atoms with Gasteiger partial charge in [0.2, 0.25) is 0 Å². The number of hydrogen-bond donors (Lipinski definition) is 2. The first-order valence-corrected chi connectivity index (χ1v) is 6.48. The van der Waals surface area contributed by atoms with E-state index in [9.17, 15) is 5.11 Å². The van der Waals surface area contributed by atoms with Gasteiger partial charge < -0.3 is 10.4 Å². The fourth-order valence-corrected chi connectivity index (χ4v) is 2.41. The van der Waals surface area contributed by atoms with Gasteiger partial charge in [0, 0.05) is 19.3 Å². The molecule has 0 amide bonds. The average Bonchev–Trinajstić information content (AvgIpc) is 2.56. The number of aromatic nitrogens is 2. The zero-order valence-electron chi connectivity index (χ0n) is 10.2. The van der Waals surface area contributed by atoms with Crippen LogP contribution in [0.1, 0.15) is 44.2 Å². The topological polar surface area (TPSA) is 58.0 Å². The molecular weight excluding hydrogens is 214 g/mol. The summed E-state index contributed by atoms with van der Waals surface area (Å²) in [5, 5.41) is 21.6. The van der Waals surface area contributed by atoms with Crippen molar-refractivity contribution in [1.82, 2.24) is 15.5 Å². The van der Waals surface area contributed by atoms with Gasteiger partial charge in [0.25, 0.3) is 0 Å². The van der Waals surface area contributed by atoms with Gasteiger partial charge >= 0.3 is 0 Å². The summed E-state index contributed by atoms with van der Waals surface area (Å²) in [5.74, 6) is 0. The molecule has 0 spiro atoms. The Labute approximate surface area is 102 Å². The predicted molar refractivity (Wildman–Crippen MR) is 66.4 cm³/mol. The second-order valence-electron chi connectivity index (χ2n) is 4.96. The first kappa shape index (κ1) is 12.5. The van der Waals surface area contributed by atoms with Crippen LogP contribution in [0.25, 0.3) is 0 Å². The van der Waals surface area contributed by atoms with Gasteiger partial charge in [-0.25, -0.2) is 0 Å². The summed E-state index contributed by atoms with van der Waals surface area (Å²) in [6.07, 6.45) is 8.30. The van der Waals surface area contributed by atoms with Gasteiger partial charge in [-0.3, -0.25) is 0 Å². The van der Waals surface area contributed by atoms with Crippen molar-refractivity contribution in [3.63, 3.8) is 0 Å². The molecule has 1 aromatic rings. The molecule has 4 nitrogen and oxygen atoms in total. The largest absolute Gasteiger partial charge is 0.389 e. The van der Waals surface area contributed by atoms with Crippen molar-refractivity contribution in [2.75, 3.05) is 6.54 Å². The Kier molecular flexibility index (Phi) is 4.45. The predicted octanol–water partition coefficient (Wildman–Crippen LogP) is 1.65. The average molecular weight is 235 g/mol. The number of hydrogen-bond acceptors (Lipinski definition) is 4. The third-order valence-corrected chi connectivity index (χ3v) is 3.42. The van der Waals surface area contributed by atoms with E-state index in [-0.39, 0.29) is 0 Å². The van der Waals surface area contributed by atoms with Crippen molar-refractivity contribution in [3.05, 3.63) is 24.0 Å².